The van der Waals surface area contributed by atoms with Gasteiger partial charge in [0.15, 0.2) is 0 Å². The number of rotatable bonds is 0. The first kappa shape index (κ1) is 9.27. The molecule has 0 saturated carbocycles. The maximum atomic E-state index is 4.27. The highest BCUT2D eigenvalue weighted by Crippen LogP contribution is 2.05. The van der Waals surface area contributed by atoms with Crippen LogP contribution >= 0.6 is 0 Å². The fraction of sp³-hybridized carbons (Fsp3) is 0.571. The van der Waals surface area contributed by atoms with E-state index in [1.165, 1.54) is 5.69 Å². The smallest absolute Gasteiger partial charge is 0.105 e. The summed E-state index contributed by atoms with van der Waals surface area (Å²) >= 11 is 0. The molecule has 0 aliphatic rings. The molecule has 0 spiro atoms. The molecule has 0 radical (unpaired) electrons. The van der Waals surface area contributed by atoms with Crippen molar-refractivity contribution in [3.8, 4) is 0 Å². The van der Waals surface area contributed by atoms with E-state index in [0.29, 0.717) is 0 Å². The summed E-state index contributed by atoms with van der Waals surface area (Å²) in [5.74, 6) is 1.09. The normalized spacial score (nSPS) is 9.20. The molecule has 0 aromatic carbocycles. The molecule has 1 rings (SSSR count). The Balaban J connectivity index is 0.000000810. The number of aromatic nitrogens is 2. The van der Waals surface area contributed by atoms with E-state index in [9.17, 15) is 0 Å². The van der Waals surface area contributed by atoms with Crippen molar-refractivity contribution in [2.24, 2.45) is 7.05 Å². The van der Waals surface area contributed by atoms with Crippen molar-refractivity contribution in [2.75, 3.05) is 0 Å². The molecule has 3 heteroatoms. The summed E-state index contributed by atoms with van der Waals surface area (Å²) < 4.78 is 2.09. The van der Waals surface area contributed by atoms with Crippen molar-refractivity contribution >= 4 is 8.41 Å². The molecule has 0 unspecified atom stereocenters. The maximum absolute atomic E-state index is 4.27. The molecule has 0 N–H and O–H groups in total. The first-order valence-electron chi connectivity index (χ1n) is 3.09. The van der Waals surface area contributed by atoms with E-state index < -0.39 is 0 Å². The van der Waals surface area contributed by atoms with Gasteiger partial charge in [-0.25, -0.2) is 4.98 Å². The number of imidazole rings is 1. The van der Waals surface area contributed by atoms with Crippen molar-refractivity contribution in [1.82, 2.24) is 9.55 Å². The van der Waals surface area contributed by atoms with E-state index in [0.717, 1.165) is 11.5 Å². The van der Waals surface area contributed by atoms with Crippen molar-refractivity contribution in [3.63, 3.8) is 0 Å². The highest BCUT2D eigenvalue weighted by molar-refractivity contribution is 5.75. The van der Waals surface area contributed by atoms with Gasteiger partial charge in [-0.3, -0.25) is 0 Å². The van der Waals surface area contributed by atoms with Crippen LogP contribution in [0, 0.1) is 20.8 Å². The Morgan fingerprint density at radius 2 is 1.70 bits per heavy atom. The average Bonchev–Trinajstić information content (AvgIpc) is 1.98. The third-order valence-electron chi connectivity index (χ3n) is 1.84. The Hall–Kier alpha value is -0.725. The SMILES string of the molecule is B.Cc1nc(C)n(C)c1C. The maximum Gasteiger partial charge on any atom is 0.105 e. The van der Waals surface area contributed by atoms with Crippen LogP contribution in [-0.2, 0) is 7.05 Å². The molecule has 0 bridgehead atoms. The largest absolute Gasteiger partial charge is 0.335 e. The van der Waals surface area contributed by atoms with Crippen LogP contribution in [-0.4, -0.2) is 18.0 Å². The quantitative estimate of drug-likeness (QED) is 0.467. The predicted octanol–water partition coefficient (Wildman–Crippen LogP) is 0.161. The number of aryl methyl sites for hydroxylation is 2. The molecule has 0 saturated heterocycles. The molecule has 1 aromatic rings. The van der Waals surface area contributed by atoms with Gasteiger partial charge in [-0.05, 0) is 20.8 Å². The van der Waals surface area contributed by atoms with Crippen molar-refractivity contribution in [2.45, 2.75) is 20.8 Å². The molecule has 0 amide bonds. The molecule has 2 nitrogen and oxygen atoms in total. The third kappa shape index (κ3) is 1.23. The Bertz CT molecular complexity index is 205. The van der Waals surface area contributed by atoms with Crippen LogP contribution < -0.4 is 0 Å². The summed E-state index contributed by atoms with van der Waals surface area (Å²) in [5, 5.41) is 0. The summed E-state index contributed by atoms with van der Waals surface area (Å²) in [6, 6.07) is 0. The average molecular weight is 138 g/mol. The Labute approximate surface area is 63.9 Å². The van der Waals surface area contributed by atoms with Crippen molar-refractivity contribution in [3.05, 3.63) is 17.2 Å². The van der Waals surface area contributed by atoms with Crippen LogP contribution in [0.3, 0.4) is 0 Å². The third-order valence-corrected chi connectivity index (χ3v) is 1.84. The highest BCUT2D eigenvalue weighted by atomic mass is 15.1. The van der Waals surface area contributed by atoms with Crippen LogP contribution in [0.2, 0.25) is 0 Å². The monoisotopic (exact) mass is 138 g/mol. The van der Waals surface area contributed by atoms with E-state index in [1.54, 1.807) is 0 Å². The van der Waals surface area contributed by atoms with E-state index in [2.05, 4.69) is 16.5 Å². The molecule has 0 aliphatic carbocycles. The molecule has 0 fully saturated rings. The topological polar surface area (TPSA) is 17.8 Å². The van der Waals surface area contributed by atoms with E-state index in [1.807, 2.05) is 20.9 Å². The lowest BCUT2D eigenvalue weighted by molar-refractivity contribution is 0.827. The molecular weight excluding hydrogens is 123 g/mol. The summed E-state index contributed by atoms with van der Waals surface area (Å²) in [6.07, 6.45) is 0. The zero-order chi connectivity index (χ0) is 7.02. The van der Waals surface area contributed by atoms with Gasteiger partial charge < -0.3 is 4.57 Å². The number of hydrogen-bond acceptors (Lipinski definition) is 1. The van der Waals surface area contributed by atoms with Crippen LogP contribution in [0.5, 0.6) is 0 Å². The lowest BCUT2D eigenvalue weighted by atomic mass is 10.4. The molecule has 10 heavy (non-hydrogen) atoms. The standard InChI is InChI=1S/C7H12N2.BH3/c1-5-6(2)9(4)7(3)8-5;/h1-4H3;1H3. The zero-order valence-corrected chi connectivity index (χ0v) is 6.39. The van der Waals surface area contributed by atoms with Gasteiger partial charge in [0.1, 0.15) is 5.82 Å². The van der Waals surface area contributed by atoms with Gasteiger partial charge in [-0.1, -0.05) is 0 Å². The van der Waals surface area contributed by atoms with Crippen LogP contribution in [0.15, 0.2) is 0 Å². The predicted molar refractivity (Wildman–Crippen MR) is 47.4 cm³/mol. The van der Waals surface area contributed by atoms with Gasteiger partial charge in [-0.2, -0.15) is 0 Å². The second kappa shape index (κ2) is 2.91. The first-order valence-corrected chi connectivity index (χ1v) is 3.09. The molecule has 56 valence electrons. The first-order chi connectivity index (χ1) is 4.13. The Kier molecular flexibility index (Phi) is 2.70. The fourth-order valence-electron chi connectivity index (χ4n) is 0.884. The Morgan fingerprint density at radius 3 is 1.80 bits per heavy atom. The highest BCUT2D eigenvalue weighted by Gasteiger charge is 2.00. The van der Waals surface area contributed by atoms with E-state index in [4.69, 9.17) is 0 Å². The Morgan fingerprint density at radius 1 is 1.20 bits per heavy atom. The summed E-state index contributed by atoms with van der Waals surface area (Å²) in [5.41, 5.74) is 2.39. The number of hydrogen-bond donors (Lipinski definition) is 0. The van der Waals surface area contributed by atoms with Gasteiger partial charge in [0, 0.05) is 12.7 Å². The second-order valence-corrected chi connectivity index (χ2v) is 2.39. The van der Waals surface area contributed by atoms with Gasteiger partial charge in [0.05, 0.1) is 14.1 Å². The number of nitrogens with zero attached hydrogens (tertiary/aromatic N) is 2. The fourth-order valence-corrected chi connectivity index (χ4v) is 0.884. The summed E-state index contributed by atoms with van der Waals surface area (Å²) in [6.45, 7) is 6.12. The van der Waals surface area contributed by atoms with E-state index in [-0.39, 0.29) is 8.41 Å². The lowest BCUT2D eigenvalue weighted by Gasteiger charge is -1.94. The van der Waals surface area contributed by atoms with Gasteiger partial charge in [0.25, 0.3) is 0 Å². The van der Waals surface area contributed by atoms with Gasteiger partial charge in [0.2, 0.25) is 0 Å². The molecular formula is C7H15BN2. The second-order valence-electron chi connectivity index (χ2n) is 2.39. The lowest BCUT2D eigenvalue weighted by Crippen LogP contribution is -1.92. The van der Waals surface area contributed by atoms with Crippen molar-refractivity contribution < 1.29 is 0 Å². The summed E-state index contributed by atoms with van der Waals surface area (Å²) in [4.78, 5) is 4.27. The van der Waals surface area contributed by atoms with E-state index >= 15 is 0 Å². The van der Waals surface area contributed by atoms with Crippen LogP contribution in [0.4, 0.5) is 0 Å². The van der Waals surface area contributed by atoms with Gasteiger partial charge in [-0.15, -0.1) is 0 Å². The summed E-state index contributed by atoms with van der Waals surface area (Å²) in [7, 11) is 2.03. The minimum absolute atomic E-state index is 0. The van der Waals surface area contributed by atoms with Crippen molar-refractivity contribution in [1.29, 1.82) is 0 Å². The minimum atomic E-state index is 0. The molecule has 1 heterocycles. The minimum Gasteiger partial charge on any atom is -0.335 e. The van der Waals surface area contributed by atoms with Crippen LogP contribution in [0.25, 0.3) is 0 Å². The molecule has 1 aromatic heterocycles. The molecule has 0 aliphatic heterocycles. The zero-order valence-electron chi connectivity index (χ0n) is 6.39. The van der Waals surface area contributed by atoms with Gasteiger partial charge >= 0.3 is 0 Å². The molecule has 0 atom stereocenters. The van der Waals surface area contributed by atoms with Crippen LogP contribution in [0.1, 0.15) is 17.2 Å².